The van der Waals surface area contributed by atoms with Crippen LogP contribution in [0.15, 0.2) is 67.0 Å². The summed E-state index contributed by atoms with van der Waals surface area (Å²) >= 11 is 0. The average molecular weight is 372 g/mol. The molecule has 0 saturated carbocycles. The minimum Gasteiger partial charge on any atom is -0.317 e. The molecule has 4 rings (SSSR count). The number of nitrogens with zero attached hydrogens (tertiary/aromatic N) is 3. The summed E-state index contributed by atoms with van der Waals surface area (Å²) in [5, 5.41) is 3.35. The van der Waals surface area contributed by atoms with Gasteiger partial charge in [-0.3, -0.25) is 4.79 Å². The number of benzene rings is 2. The zero-order valence-electron chi connectivity index (χ0n) is 16.0. The van der Waals surface area contributed by atoms with Gasteiger partial charge in [0.05, 0.1) is 5.56 Å². The van der Waals surface area contributed by atoms with Crippen LogP contribution in [0.25, 0.3) is 11.1 Å². The molecule has 2 heterocycles. The standard InChI is InChI=1S/C23H24N4O/c1-27(21-9-7-18(8-10-21)17-5-3-2-4-6-17)23(28)20-15-25-22(26-16-20)19-11-13-24-14-12-19/h2-10,15-16,19,24H,11-14H2,1H3. The van der Waals surface area contributed by atoms with Gasteiger partial charge in [-0.2, -0.15) is 0 Å². The second-order valence-corrected chi connectivity index (χ2v) is 7.13. The molecule has 0 bridgehead atoms. The molecule has 1 saturated heterocycles. The van der Waals surface area contributed by atoms with Crippen molar-refractivity contribution in [2.24, 2.45) is 0 Å². The molecule has 28 heavy (non-hydrogen) atoms. The van der Waals surface area contributed by atoms with Crippen LogP contribution < -0.4 is 10.2 Å². The first kappa shape index (κ1) is 18.3. The molecule has 1 aliphatic heterocycles. The van der Waals surface area contributed by atoms with E-state index in [1.165, 1.54) is 0 Å². The van der Waals surface area contributed by atoms with Crippen LogP contribution in [0.2, 0.25) is 0 Å². The third kappa shape index (κ3) is 3.94. The van der Waals surface area contributed by atoms with E-state index in [-0.39, 0.29) is 5.91 Å². The highest BCUT2D eigenvalue weighted by molar-refractivity contribution is 6.05. The number of nitrogens with one attached hydrogen (secondary N) is 1. The molecule has 1 aliphatic rings. The highest BCUT2D eigenvalue weighted by atomic mass is 16.2. The molecule has 1 amide bonds. The van der Waals surface area contributed by atoms with Gasteiger partial charge in [-0.1, -0.05) is 42.5 Å². The molecule has 0 unspecified atom stereocenters. The number of piperidine rings is 1. The van der Waals surface area contributed by atoms with Crippen molar-refractivity contribution in [3.8, 4) is 11.1 Å². The molecule has 0 atom stereocenters. The van der Waals surface area contributed by atoms with Crippen LogP contribution in [0, 0.1) is 0 Å². The third-order valence-electron chi connectivity index (χ3n) is 5.29. The Morgan fingerprint density at radius 2 is 1.54 bits per heavy atom. The van der Waals surface area contributed by atoms with Crippen LogP contribution in [-0.2, 0) is 0 Å². The molecule has 5 heteroatoms. The topological polar surface area (TPSA) is 58.1 Å². The Hall–Kier alpha value is -3.05. The van der Waals surface area contributed by atoms with E-state index in [0.717, 1.165) is 48.6 Å². The predicted octanol–water partition coefficient (Wildman–Crippen LogP) is 3.89. The Morgan fingerprint density at radius 3 is 2.18 bits per heavy atom. The zero-order chi connectivity index (χ0) is 19.3. The average Bonchev–Trinajstić information content (AvgIpc) is 2.79. The van der Waals surface area contributed by atoms with Gasteiger partial charge in [0.1, 0.15) is 5.82 Å². The van der Waals surface area contributed by atoms with Crippen molar-refractivity contribution in [1.29, 1.82) is 0 Å². The number of aromatic nitrogens is 2. The number of rotatable bonds is 4. The van der Waals surface area contributed by atoms with Gasteiger partial charge >= 0.3 is 0 Å². The summed E-state index contributed by atoms with van der Waals surface area (Å²) in [7, 11) is 1.78. The van der Waals surface area contributed by atoms with Gasteiger partial charge in [-0.25, -0.2) is 9.97 Å². The predicted molar refractivity (Wildman–Crippen MR) is 111 cm³/mol. The van der Waals surface area contributed by atoms with Gasteiger partial charge in [0.2, 0.25) is 0 Å². The number of hydrogen-bond donors (Lipinski definition) is 1. The van der Waals surface area contributed by atoms with Crippen LogP contribution >= 0.6 is 0 Å². The first-order valence-electron chi connectivity index (χ1n) is 9.68. The Morgan fingerprint density at radius 1 is 0.929 bits per heavy atom. The summed E-state index contributed by atoms with van der Waals surface area (Å²) in [4.78, 5) is 23.4. The van der Waals surface area contributed by atoms with Gasteiger partial charge in [-0.05, 0) is 49.2 Å². The van der Waals surface area contributed by atoms with E-state index in [2.05, 4.69) is 27.4 Å². The summed E-state index contributed by atoms with van der Waals surface area (Å²) in [6, 6.07) is 18.2. The van der Waals surface area contributed by atoms with Crippen molar-refractivity contribution in [3.05, 3.63) is 78.4 Å². The molecule has 0 radical (unpaired) electrons. The fraction of sp³-hybridized carbons (Fsp3) is 0.261. The first-order valence-corrected chi connectivity index (χ1v) is 9.68. The normalized spacial score (nSPS) is 14.6. The summed E-state index contributed by atoms with van der Waals surface area (Å²) in [6.07, 6.45) is 5.39. The van der Waals surface area contributed by atoms with Crippen molar-refractivity contribution in [2.75, 3.05) is 25.0 Å². The molecule has 3 aromatic rings. The van der Waals surface area contributed by atoms with Gasteiger partial charge in [0.15, 0.2) is 0 Å². The van der Waals surface area contributed by atoms with Crippen molar-refractivity contribution < 1.29 is 4.79 Å². The molecular formula is C23H24N4O. The first-order chi connectivity index (χ1) is 13.7. The Balaban J connectivity index is 1.47. The molecule has 5 nitrogen and oxygen atoms in total. The van der Waals surface area contributed by atoms with E-state index in [4.69, 9.17) is 0 Å². The summed E-state index contributed by atoms with van der Waals surface area (Å²) in [6.45, 7) is 1.99. The zero-order valence-corrected chi connectivity index (χ0v) is 16.0. The lowest BCUT2D eigenvalue weighted by molar-refractivity contribution is 0.0992. The minimum absolute atomic E-state index is 0.107. The molecule has 1 aromatic heterocycles. The van der Waals surface area contributed by atoms with E-state index in [9.17, 15) is 4.79 Å². The van der Waals surface area contributed by atoms with E-state index in [1.807, 2.05) is 42.5 Å². The molecular weight excluding hydrogens is 348 g/mol. The van der Waals surface area contributed by atoms with Crippen LogP contribution in [-0.4, -0.2) is 36.0 Å². The quantitative estimate of drug-likeness (QED) is 0.755. The van der Waals surface area contributed by atoms with Crippen LogP contribution in [0.4, 0.5) is 5.69 Å². The Bertz CT molecular complexity index is 917. The summed E-state index contributed by atoms with van der Waals surface area (Å²) in [5.41, 5.74) is 3.63. The summed E-state index contributed by atoms with van der Waals surface area (Å²) < 4.78 is 0. The molecule has 1 fully saturated rings. The van der Waals surface area contributed by atoms with E-state index in [1.54, 1.807) is 24.3 Å². The molecule has 142 valence electrons. The van der Waals surface area contributed by atoms with E-state index < -0.39 is 0 Å². The smallest absolute Gasteiger partial charge is 0.261 e. The lowest BCUT2D eigenvalue weighted by atomic mass is 9.97. The maximum atomic E-state index is 12.8. The van der Waals surface area contributed by atoms with Crippen molar-refractivity contribution >= 4 is 11.6 Å². The lowest BCUT2D eigenvalue weighted by Gasteiger charge is -2.21. The fourth-order valence-electron chi connectivity index (χ4n) is 3.56. The molecule has 0 aliphatic carbocycles. The highest BCUT2D eigenvalue weighted by Gasteiger charge is 2.19. The Kier molecular flexibility index (Phi) is 5.44. The SMILES string of the molecule is CN(C(=O)c1cnc(C2CCNCC2)nc1)c1ccc(-c2ccccc2)cc1. The van der Waals surface area contributed by atoms with Gasteiger partial charge in [0.25, 0.3) is 5.91 Å². The van der Waals surface area contributed by atoms with Crippen molar-refractivity contribution in [3.63, 3.8) is 0 Å². The van der Waals surface area contributed by atoms with Crippen molar-refractivity contribution in [2.45, 2.75) is 18.8 Å². The summed E-state index contributed by atoms with van der Waals surface area (Å²) in [5.74, 6) is 1.12. The second-order valence-electron chi connectivity index (χ2n) is 7.13. The molecule has 0 spiro atoms. The molecule has 1 N–H and O–H groups in total. The second kappa shape index (κ2) is 8.31. The van der Waals surface area contributed by atoms with Crippen LogP contribution in [0.1, 0.15) is 34.9 Å². The van der Waals surface area contributed by atoms with Crippen molar-refractivity contribution in [1.82, 2.24) is 15.3 Å². The highest BCUT2D eigenvalue weighted by Crippen LogP contribution is 2.24. The van der Waals surface area contributed by atoms with E-state index in [0.29, 0.717) is 11.5 Å². The van der Waals surface area contributed by atoms with Gasteiger partial charge in [0, 0.05) is 31.0 Å². The van der Waals surface area contributed by atoms with E-state index >= 15 is 0 Å². The van der Waals surface area contributed by atoms with Gasteiger partial charge < -0.3 is 10.2 Å². The lowest BCUT2D eigenvalue weighted by Crippen LogP contribution is -2.28. The minimum atomic E-state index is -0.107. The molecule has 2 aromatic carbocycles. The fourth-order valence-corrected chi connectivity index (χ4v) is 3.56. The number of amides is 1. The maximum absolute atomic E-state index is 12.8. The Labute approximate surface area is 165 Å². The van der Waals surface area contributed by atoms with Crippen LogP contribution in [0.5, 0.6) is 0 Å². The number of carbonyl (C=O) groups excluding carboxylic acids is 1. The van der Waals surface area contributed by atoms with Crippen LogP contribution in [0.3, 0.4) is 0 Å². The number of hydrogen-bond acceptors (Lipinski definition) is 4. The monoisotopic (exact) mass is 372 g/mol. The van der Waals surface area contributed by atoms with Gasteiger partial charge in [-0.15, -0.1) is 0 Å². The third-order valence-corrected chi connectivity index (χ3v) is 5.29. The number of carbonyl (C=O) groups is 1. The largest absolute Gasteiger partial charge is 0.317 e. The number of anilines is 1. The maximum Gasteiger partial charge on any atom is 0.261 e.